The van der Waals surface area contributed by atoms with E-state index in [1.165, 1.54) is 0 Å². The van der Waals surface area contributed by atoms with Gasteiger partial charge in [-0.05, 0) is 6.08 Å². The van der Waals surface area contributed by atoms with Crippen LogP contribution in [0.1, 0.15) is 0 Å². The average Bonchev–Trinajstić information content (AvgIpc) is 2.26. The van der Waals surface area contributed by atoms with Crippen LogP contribution in [0.2, 0.25) is 0 Å². The molecule has 5 nitrogen and oxygen atoms in total. The van der Waals surface area contributed by atoms with Gasteiger partial charge in [0.05, 0.1) is 0 Å². The van der Waals surface area contributed by atoms with Crippen molar-refractivity contribution in [1.82, 2.24) is 0 Å². The van der Waals surface area contributed by atoms with Gasteiger partial charge in [-0.2, -0.15) is 0 Å². The van der Waals surface area contributed by atoms with Gasteiger partial charge in [0.1, 0.15) is 0 Å². The molecule has 0 unspecified atom stereocenters. The summed E-state index contributed by atoms with van der Waals surface area (Å²) in [6.07, 6.45) is 0.909. The molecule has 0 aromatic heterocycles. The van der Waals surface area contributed by atoms with Crippen molar-refractivity contribution in [2.24, 2.45) is 0 Å². The highest BCUT2D eigenvalue weighted by molar-refractivity contribution is 5.96. The third kappa shape index (κ3) is 4.56. The number of hydrogen-bond donors (Lipinski definition) is 0. The van der Waals surface area contributed by atoms with Gasteiger partial charge in [-0.25, -0.2) is 9.59 Å². The van der Waals surface area contributed by atoms with Crippen molar-refractivity contribution in [3.8, 4) is 0 Å². The normalized spacial score (nSPS) is 8.87. The van der Waals surface area contributed by atoms with Gasteiger partial charge in [-0.3, -0.25) is 4.79 Å². The van der Waals surface area contributed by atoms with Crippen molar-refractivity contribution < 1.29 is 23.9 Å². The van der Waals surface area contributed by atoms with Gasteiger partial charge in [-0.15, -0.1) is 0 Å². The number of carbonyl (C=O) groups is 3. The molecular formula is C10H10O5. The molecular weight excluding hydrogens is 200 g/mol. The van der Waals surface area contributed by atoms with E-state index in [0.717, 1.165) is 18.2 Å². The Bertz CT molecular complexity index is 294. The van der Waals surface area contributed by atoms with E-state index < -0.39 is 24.0 Å². The van der Waals surface area contributed by atoms with E-state index in [2.05, 4.69) is 29.2 Å². The lowest BCUT2D eigenvalue weighted by Crippen LogP contribution is -2.30. The van der Waals surface area contributed by atoms with E-state index in [0.29, 0.717) is 0 Å². The quantitative estimate of drug-likeness (QED) is 0.363. The molecule has 0 aliphatic rings. The van der Waals surface area contributed by atoms with Crippen molar-refractivity contribution in [2.45, 2.75) is 6.29 Å². The smallest absolute Gasteiger partial charge is 0.333 e. The van der Waals surface area contributed by atoms with Crippen molar-refractivity contribution in [1.29, 1.82) is 0 Å². The SMILES string of the molecule is C=CC(=O)OC(OC(=O)C=C)C(=O)C=C. The zero-order valence-electron chi connectivity index (χ0n) is 7.97. The van der Waals surface area contributed by atoms with Crippen molar-refractivity contribution in [3.05, 3.63) is 38.0 Å². The van der Waals surface area contributed by atoms with Gasteiger partial charge in [-0.1, -0.05) is 19.7 Å². The Balaban J connectivity index is 4.57. The van der Waals surface area contributed by atoms with Crippen LogP contribution in [0, 0.1) is 0 Å². The predicted molar refractivity (Wildman–Crippen MR) is 51.6 cm³/mol. The van der Waals surface area contributed by atoms with Gasteiger partial charge in [0.2, 0.25) is 5.78 Å². The van der Waals surface area contributed by atoms with Crippen LogP contribution >= 0.6 is 0 Å². The zero-order valence-corrected chi connectivity index (χ0v) is 7.97. The fourth-order valence-corrected chi connectivity index (χ4v) is 0.544. The highest BCUT2D eigenvalue weighted by Crippen LogP contribution is 2.00. The monoisotopic (exact) mass is 210 g/mol. The van der Waals surface area contributed by atoms with Crippen LogP contribution in [0.5, 0.6) is 0 Å². The highest BCUT2D eigenvalue weighted by atomic mass is 16.7. The van der Waals surface area contributed by atoms with E-state index in [1.807, 2.05) is 0 Å². The second-order valence-electron chi connectivity index (χ2n) is 2.22. The van der Waals surface area contributed by atoms with E-state index in [1.54, 1.807) is 0 Å². The lowest BCUT2D eigenvalue weighted by Gasteiger charge is -2.13. The van der Waals surface area contributed by atoms with E-state index in [9.17, 15) is 14.4 Å². The summed E-state index contributed by atoms with van der Waals surface area (Å²) in [4.78, 5) is 32.6. The molecule has 5 heteroatoms. The molecule has 0 radical (unpaired) electrons. The second-order valence-corrected chi connectivity index (χ2v) is 2.22. The number of carbonyl (C=O) groups excluding carboxylic acids is 3. The Morgan fingerprint density at radius 2 is 1.27 bits per heavy atom. The molecule has 0 heterocycles. The fourth-order valence-electron chi connectivity index (χ4n) is 0.544. The predicted octanol–water partition coefficient (Wildman–Crippen LogP) is 0.526. The van der Waals surface area contributed by atoms with Crippen molar-refractivity contribution in [2.75, 3.05) is 0 Å². The van der Waals surface area contributed by atoms with Crippen LogP contribution < -0.4 is 0 Å². The standard InChI is InChI=1S/C10H10O5/c1-4-7(11)10(14-8(12)5-2)15-9(13)6-3/h4-6,10H,1-3H2. The Kier molecular flexibility index (Phi) is 5.40. The minimum Gasteiger partial charge on any atom is -0.414 e. The molecule has 0 spiro atoms. The summed E-state index contributed by atoms with van der Waals surface area (Å²) in [6, 6.07) is 0. The molecule has 0 aliphatic heterocycles. The molecule has 0 amide bonds. The van der Waals surface area contributed by atoms with Crippen LogP contribution in [-0.2, 0) is 23.9 Å². The first kappa shape index (κ1) is 12.8. The van der Waals surface area contributed by atoms with Gasteiger partial charge in [0, 0.05) is 12.2 Å². The topological polar surface area (TPSA) is 69.7 Å². The number of rotatable bonds is 6. The average molecular weight is 210 g/mol. The summed E-state index contributed by atoms with van der Waals surface area (Å²) in [6.45, 7) is 9.42. The Labute approximate surface area is 86.7 Å². The zero-order chi connectivity index (χ0) is 11.8. The highest BCUT2D eigenvalue weighted by Gasteiger charge is 2.22. The molecule has 0 saturated heterocycles. The fraction of sp³-hybridized carbons (Fsp3) is 0.100. The molecule has 0 aromatic rings. The maximum Gasteiger partial charge on any atom is 0.333 e. The molecule has 15 heavy (non-hydrogen) atoms. The Morgan fingerprint density at radius 3 is 1.53 bits per heavy atom. The number of ether oxygens (including phenoxy) is 2. The molecule has 0 aromatic carbocycles. The molecule has 0 bridgehead atoms. The third-order valence-electron chi connectivity index (χ3n) is 1.21. The third-order valence-corrected chi connectivity index (χ3v) is 1.21. The first-order valence-corrected chi connectivity index (χ1v) is 3.87. The van der Waals surface area contributed by atoms with Gasteiger partial charge in [0.15, 0.2) is 0 Å². The molecule has 0 saturated carbocycles. The van der Waals surface area contributed by atoms with Crippen LogP contribution in [0.15, 0.2) is 38.0 Å². The summed E-state index contributed by atoms with van der Waals surface area (Å²) in [5, 5.41) is 0. The van der Waals surface area contributed by atoms with Gasteiger partial charge in [0.25, 0.3) is 0 Å². The molecule has 0 N–H and O–H groups in total. The number of hydrogen-bond acceptors (Lipinski definition) is 5. The van der Waals surface area contributed by atoms with Crippen LogP contribution in [0.25, 0.3) is 0 Å². The van der Waals surface area contributed by atoms with E-state index in [-0.39, 0.29) is 0 Å². The first-order valence-electron chi connectivity index (χ1n) is 3.87. The molecule has 0 aliphatic carbocycles. The molecule has 0 atom stereocenters. The Hall–Kier alpha value is -2.17. The van der Waals surface area contributed by atoms with Gasteiger partial charge < -0.3 is 9.47 Å². The summed E-state index contributed by atoms with van der Waals surface area (Å²) < 4.78 is 8.91. The van der Waals surface area contributed by atoms with Crippen molar-refractivity contribution in [3.63, 3.8) is 0 Å². The van der Waals surface area contributed by atoms with Crippen LogP contribution in [-0.4, -0.2) is 24.0 Å². The van der Waals surface area contributed by atoms with E-state index in [4.69, 9.17) is 0 Å². The summed E-state index contributed by atoms with van der Waals surface area (Å²) >= 11 is 0. The number of esters is 2. The molecule has 0 rings (SSSR count). The van der Waals surface area contributed by atoms with E-state index >= 15 is 0 Å². The molecule has 80 valence electrons. The van der Waals surface area contributed by atoms with Crippen LogP contribution in [0.4, 0.5) is 0 Å². The lowest BCUT2D eigenvalue weighted by atomic mass is 10.4. The largest absolute Gasteiger partial charge is 0.414 e. The van der Waals surface area contributed by atoms with Crippen molar-refractivity contribution >= 4 is 17.7 Å². The summed E-state index contributed by atoms with van der Waals surface area (Å²) in [5.74, 6) is -2.51. The molecule has 0 fully saturated rings. The minimum absolute atomic E-state index is 0.750. The maximum absolute atomic E-state index is 11.1. The first-order chi connectivity index (χ1) is 7.04. The van der Waals surface area contributed by atoms with Crippen LogP contribution in [0.3, 0.4) is 0 Å². The maximum atomic E-state index is 11.1. The summed E-state index contributed by atoms with van der Waals surface area (Å²) in [7, 11) is 0. The second kappa shape index (κ2) is 6.31. The minimum atomic E-state index is -1.64. The Morgan fingerprint density at radius 1 is 0.867 bits per heavy atom. The summed E-state index contributed by atoms with van der Waals surface area (Å²) in [5.41, 5.74) is 0. The number of ketones is 1. The lowest BCUT2D eigenvalue weighted by molar-refractivity contribution is -0.183. The van der Waals surface area contributed by atoms with Gasteiger partial charge >= 0.3 is 18.2 Å².